The lowest BCUT2D eigenvalue weighted by Gasteiger charge is -2.23. The number of nitrogens with zero attached hydrogens (tertiary/aromatic N) is 1. The molecule has 0 atom stereocenters. The van der Waals surface area contributed by atoms with Crippen LogP contribution in [0.4, 0.5) is 11.5 Å². The van der Waals surface area contributed by atoms with Gasteiger partial charge in [0.15, 0.2) is 11.5 Å². The Balaban J connectivity index is 1.68. The van der Waals surface area contributed by atoms with Gasteiger partial charge < -0.3 is 24.8 Å². The average Bonchev–Trinajstić information content (AvgIpc) is 2.74. The number of aromatic nitrogens is 1. The summed E-state index contributed by atoms with van der Waals surface area (Å²) < 4.78 is 15.9. The molecule has 0 spiro atoms. The fourth-order valence-corrected chi connectivity index (χ4v) is 3.44. The van der Waals surface area contributed by atoms with E-state index in [4.69, 9.17) is 14.2 Å². The molecule has 1 amide bonds. The number of ether oxygens (including phenoxy) is 3. The molecule has 3 rings (SSSR count). The third-order valence-corrected chi connectivity index (χ3v) is 4.91. The molecule has 0 aliphatic heterocycles. The van der Waals surface area contributed by atoms with Gasteiger partial charge >= 0.3 is 0 Å². The summed E-state index contributed by atoms with van der Waals surface area (Å²) in [7, 11) is 4.55. The smallest absolute Gasteiger partial charge is 0.257 e. The summed E-state index contributed by atoms with van der Waals surface area (Å²) in [5, 5.41) is 6.31. The number of benzene rings is 1. The molecule has 2 aromatic rings. The van der Waals surface area contributed by atoms with Gasteiger partial charge in [0.05, 0.1) is 33.2 Å². The van der Waals surface area contributed by atoms with Crippen LogP contribution in [0.5, 0.6) is 17.2 Å². The Morgan fingerprint density at radius 1 is 1.00 bits per heavy atom. The van der Waals surface area contributed by atoms with Crippen LogP contribution in [-0.2, 0) is 0 Å². The number of amides is 1. The number of rotatable bonds is 7. The van der Waals surface area contributed by atoms with E-state index in [1.54, 1.807) is 24.4 Å². The number of hydrogen-bond donors (Lipinski definition) is 2. The quantitative estimate of drug-likeness (QED) is 0.747. The summed E-state index contributed by atoms with van der Waals surface area (Å²) in [4.78, 5) is 17.0. The molecule has 0 radical (unpaired) electrons. The lowest BCUT2D eigenvalue weighted by molar-refractivity contribution is 0.102. The molecule has 28 heavy (non-hydrogen) atoms. The lowest BCUT2D eigenvalue weighted by atomic mass is 9.95. The van der Waals surface area contributed by atoms with Crippen LogP contribution in [0.15, 0.2) is 30.5 Å². The highest BCUT2D eigenvalue weighted by molar-refractivity contribution is 6.04. The van der Waals surface area contributed by atoms with Crippen LogP contribution in [0.25, 0.3) is 0 Å². The average molecular weight is 385 g/mol. The molecule has 1 aromatic carbocycles. The standard InChI is InChI=1S/C21H27N3O4/c1-26-17-11-14(12-18(27-2)20(17)28-3)21(25)24-19-10-9-16(13-22-19)23-15-7-5-4-6-8-15/h9-13,15,23H,4-8H2,1-3H3,(H,22,24,25). The highest BCUT2D eigenvalue weighted by Gasteiger charge is 2.17. The number of carbonyl (C=O) groups excluding carboxylic acids is 1. The van der Waals surface area contributed by atoms with Crippen molar-refractivity contribution in [1.29, 1.82) is 0 Å². The number of carbonyl (C=O) groups is 1. The molecular formula is C21H27N3O4. The first-order valence-corrected chi connectivity index (χ1v) is 9.48. The van der Waals surface area contributed by atoms with Crippen LogP contribution in [0.2, 0.25) is 0 Å². The Hall–Kier alpha value is -2.96. The fourth-order valence-electron chi connectivity index (χ4n) is 3.44. The minimum absolute atomic E-state index is 0.306. The number of pyridine rings is 1. The third-order valence-electron chi connectivity index (χ3n) is 4.91. The van der Waals surface area contributed by atoms with Gasteiger partial charge in [-0.15, -0.1) is 0 Å². The number of hydrogen-bond acceptors (Lipinski definition) is 6. The van der Waals surface area contributed by atoms with Gasteiger partial charge in [-0.3, -0.25) is 4.79 Å². The maximum Gasteiger partial charge on any atom is 0.257 e. The van der Waals surface area contributed by atoms with Crippen molar-refractivity contribution in [3.8, 4) is 17.2 Å². The Morgan fingerprint density at radius 2 is 1.68 bits per heavy atom. The van der Waals surface area contributed by atoms with Crippen molar-refractivity contribution < 1.29 is 19.0 Å². The van der Waals surface area contributed by atoms with E-state index in [2.05, 4.69) is 15.6 Å². The minimum atomic E-state index is -0.306. The van der Waals surface area contributed by atoms with Crippen LogP contribution in [-0.4, -0.2) is 38.3 Å². The third kappa shape index (κ3) is 4.65. The topological polar surface area (TPSA) is 81.7 Å². The zero-order valence-electron chi connectivity index (χ0n) is 16.6. The first kappa shape index (κ1) is 19.8. The van der Waals surface area contributed by atoms with E-state index in [0.717, 1.165) is 5.69 Å². The maximum absolute atomic E-state index is 12.6. The molecule has 7 heteroatoms. The minimum Gasteiger partial charge on any atom is -0.493 e. The second-order valence-electron chi connectivity index (χ2n) is 6.78. The van der Waals surface area contributed by atoms with Crippen molar-refractivity contribution in [1.82, 2.24) is 4.98 Å². The van der Waals surface area contributed by atoms with Crippen LogP contribution in [0.1, 0.15) is 42.5 Å². The molecule has 1 saturated carbocycles. The maximum atomic E-state index is 12.6. The molecule has 7 nitrogen and oxygen atoms in total. The second kappa shape index (κ2) is 9.30. The van der Waals surface area contributed by atoms with Crippen LogP contribution in [0.3, 0.4) is 0 Å². The first-order valence-electron chi connectivity index (χ1n) is 9.48. The highest BCUT2D eigenvalue weighted by Crippen LogP contribution is 2.38. The molecule has 1 heterocycles. The van der Waals surface area contributed by atoms with Crippen molar-refractivity contribution in [3.63, 3.8) is 0 Å². The summed E-state index contributed by atoms with van der Waals surface area (Å²) in [5.41, 5.74) is 1.36. The molecule has 1 aliphatic rings. The fraction of sp³-hybridized carbons (Fsp3) is 0.429. The predicted octanol–water partition coefficient (Wildman–Crippen LogP) is 4.10. The van der Waals surface area contributed by atoms with E-state index < -0.39 is 0 Å². The Bertz CT molecular complexity index is 777. The zero-order valence-corrected chi connectivity index (χ0v) is 16.6. The summed E-state index contributed by atoms with van der Waals surface area (Å²) >= 11 is 0. The summed E-state index contributed by atoms with van der Waals surface area (Å²) in [6.07, 6.45) is 8.00. The van der Waals surface area contributed by atoms with E-state index in [0.29, 0.717) is 34.7 Å². The lowest BCUT2D eigenvalue weighted by Crippen LogP contribution is -2.22. The molecule has 1 fully saturated rings. The van der Waals surface area contributed by atoms with Crippen LogP contribution >= 0.6 is 0 Å². The van der Waals surface area contributed by atoms with E-state index >= 15 is 0 Å². The van der Waals surface area contributed by atoms with Crippen LogP contribution in [0, 0.1) is 0 Å². The Labute approximate surface area is 165 Å². The van der Waals surface area contributed by atoms with E-state index in [1.807, 2.05) is 6.07 Å². The number of nitrogens with one attached hydrogen (secondary N) is 2. The molecule has 0 saturated heterocycles. The predicted molar refractivity (Wildman–Crippen MR) is 109 cm³/mol. The van der Waals surface area contributed by atoms with Crippen molar-refractivity contribution in [2.75, 3.05) is 32.0 Å². The molecule has 2 N–H and O–H groups in total. The number of anilines is 2. The van der Waals surface area contributed by atoms with Crippen molar-refractivity contribution in [2.45, 2.75) is 38.1 Å². The monoisotopic (exact) mass is 385 g/mol. The first-order chi connectivity index (χ1) is 13.6. The summed E-state index contributed by atoms with van der Waals surface area (Å²) in [5.74, 6) is 1.46. The van der Waals surface area contributed by atoms with Gasteiger partial charge in [-0.1, -0.05) is 19.3 Å². The van der Waals surface area contributed by atoms with Gasteiger partial charge in [-0.25, -0.2) is 4.98 Å². The Morgan fingerprint density at radius 3 is 2.21 bits per heavy atom. The second-order valence-corrected chi connectivity index (χ2v) is 6.78. The normalized spacial score (nSPS) is 14.2. The van der Waals surface area contributed by atoms with Gasteiger partial charge in [0.2, 0.25) is 5.75 Å². The highest BCUT2D eigenvalue weighted by atomic mass is 16.5. The summed E-state index contributed by atoms with van der Waals surface area (Å²) in [6.45, 7) is 0. The van der Waals surface area contributed by atoms with Gasteiger partial charge in [0, 0.05) is 11.6 Å². The van der Waals surface area contributed by atoms with E-state index in [9.17, 15) is 4.79 Å². The van der Waals surface area contributed by atoms with Gasteiger partial charge in [0.25, 0.3) is 5.91 Å². The van der Waals surface area contributed by atoms with Gasteiger partial charge in [0.1, 0.15) is 5.82 Å². The van der Waals surface area contributed by atoms with E-state index in [-0.39, 0.29) is 5.91 Å². The largest absolute Gasteiger partial charge is 0.493 e. The van der Waals surface area contributed by atoms with Gasteiger partial charge in [-0.2, -0.15) is 0 Å². The van der Waals surface area contributed by atoms with Crippen LogP contribution < -0.4 is 24.8 Å². The van der Waals surface area contributed by atoms with E-state index in [1.165, 1.54) is 53.4 Å². The molecule has 1 aliphatic carbocycles. The number of methoxy groups -OCH3 is 3. The molecule has 0 unspecified atom stereocenters. The molecular weight excluding hydrogens is 358 g/mol. The molecule has 1 aromatic heterocycles. The van der Waals surface area contributed by atoms with Crippen molar-refractivity contribution in [2.24, 2.45) is 0 Å². The molecule has 150 valence electrons. The summed E-state index contributed by atoms with van der Waals surface area (Å²) in [6, 6.07) is 7.45. The Kier molecular flexibility index (Phi) is 6.57. The molecule has 0 bridgehead atoms. The zero-order chi connectivity index (χ0) is 19.9. The van der Waals surface area contributed by atoms with Crippen molar-refractivity contribution >= 4 is 17.4 Å². The SMILES string of the molecule is COc1cc(C(=O)Nc2ccc(NC3CCCCC3)cn2)cc(OC)c1OC. The van der Waals surface area contributed by atoms with Gasteiger partial charge in [-0.05, 0) is 37.1 Å². The van der Waals surface area contributed by atoms with Crippen molar-refractivity contribution in [3.05, 3.63) is 36.0 Å².